The van der Waals surface area contributed by atoms with Gasteiger partial charge in [0.25, 0.3) is 5.91 Å². The first-order chi connectivity index (χ1) is 7.74. The van der Waals surface area contributed by atoms with Crippen molar-refractivity contribution in [2.45, 2.75) is 6.92 Å². The van der Waals surface area contributed by atoms with E-state index in [1.807, 2.05) is 36.6 Å². The number of thiophene rings is 1. The third-order valence-electron chi connectivity index (χ3n) is 2.59. The van der Waals surface area contributed by atoms with Crippen LogP contribution in [-0.4, -0.2) is 13.0 Å². The fraction of sp³-hybridized carbons (Fsp3) is 0.154. The molecule has 1 N–H and O–H groups in total. The summed E-state index contributed by atoms with van der Waals surface area (Å²) >= 11 is 1.69. The van der Waals surface area contributed by atoms with Crippen LogP contribution < -0.4 is 5.32 Å². The highest BCUT2D eigenvalue weighted by molar-refractivity contribution is 7.13. The molecule has 0 aliphatic carbocycles. The molecule has 0 aliphatic rings. The van der Waals surface area contributed by atoms with Crippen LogP contribution in [0.4, 0.5) is 0 Å². The van der Waals surface area contributed by atoms with Crippen molar-refractivity contribution in [3.8, 4) is 10.4 Å². The van der Waals surface area contributed by atoms with Crippen molar-refractivity contribution < 1.29 is 4.79 Å². The first kappa shape index (κ1) is 10.9. The maximum absolute atomic E-state index is 11.6. The second-order valence-corrected chi connectivity index (χ2v) is 4.48. The van der Waals surface area contributed by atoms with Gasteiger partial charge in [-0.25, -0.2) is 0 Å². The quantitative estimate of drug-likeness (QED) is 0.845. The van der Waals surface area contributed by atoms with Crippen LogP contribution in [0.25, 0.3) is 10.4 Å². The number of rotatable bonds is 2. The molecule has 0 saturated heterocycles. The lowest BCUT2D eigenvalue weighted by atomic mass is 10.0. The van der Waals surface area contributed by atoms with Gasteiger partial charge in [-0.05, 0) is 35.6 Å². The van der Waals surface area contributed by atoms with Gasteiger partial charge in [0.15, 0.2) is 0 Å². The highest BCUT2D eigenvalue weighted by Gasteiger charge is 2.11. The van der Waals surface area contributed by atoms with Crippen LogP contribution in [0.3, 0.4) is 0 Å². The zero-order valence-electron chi connectivity index (χ0n) is 9.28. The van der Waals surface area contributed by atoms with Gasteiger partial charge in [-0.15, -0.1) is 11.3 Å². The van der Waals surface area contributed by atoms with Crippen LogP contribution in [-0.2, 0) is 0 Å². The predicted octanol–water partition coefficient (Wildman–Crippen LogP) is 3.08. The van der Waals surface area contributed by atoms with Crippen LogP contribution in [0.2, 0.25) is 0 Å². The Bertz CT molecular complexity index is 503. The lowest BCUT2D eigenvalue weighted by Crippen LogP contribution is -2.19. The number of hydrogen-bond acceptors (Lipinski definition) is 2. The fourth-order valence-electron chi connectivity index (χ4n) is 1.72. The van der Waals surface area contributed by atoms with Crippen LogP contribution in [0.5, 0.6) is 0 Å². The van der Waals surface area contributed by atoms with Crippen molar-refractivity contribution in [3.05, 3.63) is 46.8 Å². The Kier molecular flexibility index (Phi) is 3.06. The summed E-state index contributed by atoms with van der Waals surface area (Å²) in [5.74, 6) is -0.0316. The first-order valence-electron chi connectivity index (χ1n) is 5.09. The van der Waals surface area contributed by atoms with Crippen molar-refractivity contribution in [3.63, 3.8) is 0 Å². The van der Waals surface area contributed by atoms with Gasteiger partial charge in [0.2, 0.25) is 0 Å². The van der Waals surface area contributed by atoms with E-state index in [9.17, 15) is 4.79 Å². The third kappa shape index (κ3) is 1.86. The summed E-state index contributed by atoms with van der Waals surface area (Å²) in [5.41, 5.74) is 2.91. The number of hydrogen-bond donors (Lipinski definition) is 1. The summed E-state index contributed by atoms with van der Waals surface area (Å²) in [6, 6.07) is 9.91. The Hall–Kier alpha value is -1.61. The first-order valence-corrected chi connectivity index (χ1v) is 5.97. The zero-order valence-corrected chi connectivity index (χ0v) is 10.1. The van der Waals surface area contributed by atoms with Crippen molar-refractivity contribution in [1.82, 2.24) is 5.32 Å². The largest absolute Gasteiger partial charge is 0.355 e. The molecule has 1 aromatic heterocycles. The van der Waals surface area contributed by atoms with Gasteiger partial charge < -0.3 is 5.32 Å². The molecule has 0 unspecified atom stereocenters. The Morgan fingerprint density at radius 3 is 2.69 bits per heavy atom. The number of carbonyl (C=O) groups excluding carboxylic acids is 1. The van der Waals surface area contributed by atoms with Gasteiger partial charge in [0.05, 0.1) is 0 Å². The highest BCUT2D eigenvalue weighted by Crippen LogP contribution is 2.29. The molecule has 1 heterocycles. The number of benzene rings is 1. The van der Waals surface area contributed by atoms with E-state index >= 15 is 0 Å². The van der Waals surface area contributed by atoms with Gasteiger partial charge in [-0.3, -0.25) is 4.79 Å². The van der Waals surface area contributed by atoms with Crippen LogP contribution in [0.15, 0.2) is 35.7 Å². The van der Waals surface area contributed by atoms with Crippen LogP contribution in [0.1, 0.15) is 15.9 Å². The minimum absolute atomic E-state index is 0.0316. The zero-order chi connectivity index (χ0) is 11.5. The summed E-state index contributed by atoms with van der Waals surface area (Å²) < 4.78 is 0. The van der Waals surface area contributed by atoms with Crippen LogP contribution in [0, 0.1) is 6.92 Å². The molecule has 0 aliphatic heterocycles. The van der Waals surface area contributed by atoms with E-state index in [-0.39, 0.29) is 5.91 Å². The second-order valence-electron chi connectivity index (χ2n) is 3.53. The number of nitrogens with one attached hydrogen (secondary N) is 1. The van der Waals surface area contributed by atoms with E-state index in [4.69, 9.17) is 0 Å². The Morgan fingerprint density at radius 1 is 1.25 bits per heavy atom. The van der Waals surface area contributed by atoms with Gasteiger partial charge in [0, 0.05) is 17.5 Å². The van der Waals surface area contributed by atoms with Crippen molar-refractivity contribution in [2.24, 2.45) is 0 Å². The summed E-state index contributed by atoms with van der Waals surface area (Å²) in [6.07, 6.45) is 0. The summed E-state index contributed by atoms with van der Waals surface area (Å²) in [5, 5.41) is 4.70. The van der Waals surface area contributed by atoms with Gasteiger partial charge in [0.1, 0.15) is 0 Å². The molecule has 0 spiro atoms. The molecule has 0 saturated carbocycles. The molecular formula is C13H13NOS. The van der Waals surface area contributed by atoms with Crippen molar-refractivity contribution in [2.75, 3.05) is 7.05 Å². The second kappa shape index (κ2) is 4.49. The molecule has 82 valence electrons. The molecule has 0 bridgehead atoms. The summed E-state index contributed by atoms with van der Waals surface area (Å²) in [4.78, 5) is 12.8. The average molecular weight is 231 g/mol. The average Bonchev–Trinajstić information content (AvgIpc) is 2.82. The minimum Gasteiger partial charge on any atom is -0.355 e. The van der Waals surface area contributed by atoms with E-state index in [1.165, 1.54) is 4.88 Å². The summed E-state index contributed by atoms with van der Waals surface area (Å²) in [7, 11) is 1.65. The molecule has 2 aromatic rings. The van der Waals surface area contributed by atoms with Crippen molar-refractivity contribution >= 4 is 17.2 Å². The predicted molar refractivity (Wildman–Crippen MR) is 67.9 cm³/mol. The Balaban J connectivity index is 2.53. The lowest BCUT2D eigenvalue weighted by molar-refractivity contribution is 0.0962. The molecule has 0 atom stereocenters. The number of carbonyl (C=O) groups is 1. The SMILES string of the molecule is CNC(=O)c1cccc(-c2cccs2)c1C. The summed E-state index contributed by atoms with van der Waals surface area (Å²) in [6.45, 7) is 1.99. The van der Waals surface area contributed by atoms with Crippen molar-refractivity contribution in [1.29, 1.82) is 0 Å². The van der Waals surface area contributed by atoms with Gasteiger partial charge in [-0.1, -0.05) is 18.2 Å². The molecule has 2 nitrogen and oxygen atoms in total. The highest BCUT2D eigenvalue weighted by atomic mass is 32.1. The minimum atomic E-state index is -0.0316. The normalized spacial score (nSPS) is 10.1. The van der Waals surface area contributed by atoms with E-state index in [0.717, 1.165) is 16.7 Å². The lowest BCUT2D eigenvalue weighted by Gasteiger charge is -2.08. The standard InChI is InChI=1S/C13H13NOS/c1-9-10(12-7-4-8-16-12)5-3-6-11(9)13(15)14-2/h3-8H,1-2H3,(H,14,15). The Labute approximate surface area is 98.9 Å². The third-order valence-corrected chi connectivity index (χ3v) is 3.50. The topological polar surface area (TPSA) is 29.1 Å². The molecule has 1 aromatic carbocycles. The maximum atomic E-state index is 11.6. The molecule has 16 heavy (non-hydrogen) atoms. The molecule has 0 fully saturated rings. The number of amides is 1. The molecular weight excluding hydrogens is 218 g/mol. The van der Waals surface area contributed by atoms with E-state index in [2.05, 4.69) is 11.4 Å². The smallest absolute Gasteiger partial charge is 0.251 e. The fourth-order valence-corrected chi connectivity index (χ4v) is 2.52. The maximum Gasteiger partial charge on any atom is 0.251 e. The van der Waals surface area contributed by atoms with Gasteiger partial charge >= 0.3 is 0 Å². The Morgan fingerprint density at radius 2 is 2.06 bits per heavy atom. The molecule has 3 heteroatoms. The van der Waals surface area contributed by atoms with Crippen LogP contribution >= 0.6 is 11.3 Å². The molecule has 1 amide bonds. The monoisotopic (exact) mass is 231 g/mol. The molecule has 2 rings (SSSR count). The van der Waals surface area contributed by atoms with Gasteiger partial charge in [-0.2, -0.15) is 0 Å². The van der Waals surface area contributed by atoms with E-state index < -0.39 is 0 Å². The molecule has 0 radical (unpaired) electrons. The van der Waals surface area contributed by atoms with E-state index in [0.29, 0.717) is 0 Å². The van der Waals surface area contributed by atoms with E-state index in [1.54, 1.807) is 18.4 Å².